The predicted molar refractivity (Wildman–Crippen MR) is 138 cm³/mol. The van der Waals surface area contributed by atoms with Gasteiger partial charge in [-0.1, -0.05) is 17.7 Å². The third-order valence-corrected chi connectivity index (χ3v) is 8.13. The fraction of sp³-hybridized carbons (Fsp3) is 0.462. The summed E-state index contributed by atoms with van der Waals surface area (Å²) in [6, 6.07) is 2.77. The molecule has 2 aromatic heterocycles. The smallest absolute Gasteiger partial charge is 0.377 e. The molecule has 1 aliphatic carbocycles. The molecule has 4 heterocycles. The third kappa shape index (κ3) is 4.64. The van der Waals surface area contributed by atoms with Gasteiger partial charge in [-0.25, -0.2) is 0 Å². The van der Waals surface area contributed by atoms with Gasteiger partial charge in [0.1, 0.15) is 6.54 Å². The summed E-state index contributed by atoms with van der Waals surface area (Å²) in [5.74, 6) is 0.146. The number of rotatable bonds is 4. The number of amides is 1. The highest BCUT2D eigenvalue weighted by molar-refractivity contribution is 6.33. The molecule has 2 N–H and O–H groups in total. The Morgan fingerprint density at radius 2 is 2.10 bits per heavy atom. The molecular formula is C26H26ClF3N6O3. The van der Waals surface area contributed by atoms with Gasteiger partial charge in [0.2, 0.25) is 11.7 Å². The van der Waals surface area contributed by atoms with Crippen LogP contribution in [-0.4, -0.2) is 51.4 Å². The zero-order valence-corrected chi connectivity index (χ0v) is 21.7. The predicted octanol–water partition coefficient (Wildman–Crippen LogP) is 3.57. The Bertz CT molecular complexity index is 1550. The fourth-order valence-electron chi connectivity index (χ4n) is 5.93. The molecular weight excluding hydrogens is 537 g/mol. The highest BCUT2D eigenvalue weighted by Crippen LogP contribution is 2.42. The standard InChI is InChI=1S/C26H26ClF3N6O3/c27-17-12-16(26(28,29)30)2-3-18(17)32-20(37)13-35-19-4-8-25(7-1-9-31-14-25)21(19)23(38)36-24(35)33-22(34-36)15-5-10-39-11-6-15/h2-3,5,12,31H,1,4,6-11,13-14H2,(H,32,37)/t25-/m0/s1. The molecule has 0 saturated carbocycles. The number of halogens is 4. The summed E-state index contributed by atoms with van der Waals surface area (Å²) in [6.45, 7) is 2.28. The van der Waals surface area contributed by atoms with Gasteiger partial charge in [0.25, 0.3) is 5.56 Å². The van der Waals surface area contributed by atoms with Gasteiger partial charge in [0.05, 0.1) is 29.5 Å². The summed E-state index contributed by atoms with van der Waals surface area (Å²) in [4.78, 5) is 31.7. The number of carbonyl (C=O) groups is 1. The first kappa shape index (κ1) is 26.0. The average Bonchev–Trinajstić information content (AvgIpc) is 3.51. The van der Waals surface area contributed by atoms with Crippen LogP contribution in [0.5, 0.6) is 0 Å². The van der Waals surface area contributed by atoms with E-state index in [0.29, 0.717) is 44.0 Å². The molecule has 3 aliphatic rings. The SMILES string of the molecule is O=C(Cn1c2c(c(=O)n3nc(C4=CCOCC4)nc13)[C@@]1(CCCNC1)CC2)Nc1ccc(C(F)(F)F)cc1Cl. The Labute approximate surface area is 226 Å². The number of ether oxygens (including phenoxy) is 1. The molecule has 9 nitrogen and oxygen atoms in total. The maximum absolute atomic E-state index is 13.8. The molecule has 2 aliphatic heterocycles. The lowest BCUT2D eigenvalue weighted by atomic mass is 9.76. The summed E-state index contributed by atoms with van der Waals surface area (Å²) in [5, 5.41) is 10.4. The molecule has 1 spiro atoms. The summed E-state index contributed by atoms with van der Waals surface area (Å²) >= 11 is 6.07. The summed E-state index contributed by atoms with van der Waals surface area (Å²) in [6.07, 6.45) is 1.07. The van der Waals surface area contributed by atoms with Crippen LogP contribution in [0.1, 0.15) is 48.3 Å². The van der Waals surface area contributed by atoms with Crippen molar-refractivity contribution >= 4 is 34.5 Å². The van der Waals surface area contributed by atoms with E-state index < -0.39 is 17.6 Å². The first-order valence-electron chi connectivity index (χ1n) is 12.8. The quantitative estimate of drug-likeness (QED) is 0.504. The molecule has 0 bridgehead atoms. The summed E-state index contributed by atoms with van der Waals surface area (Å²) < 4.78 is 47.5. The van der Waals surface area contributed by atoms with Crippen molar-refractivity contribution in [1.82, 2.24) is 24.5 Å². The number of nitrogens with one attached hydrogen (secondary N) is 2. The monoisotopic (exact) mass is 562 g/mol. The Morgan fingerprint density at radius 1 is 1.26 bits per heavy atom. The molecule has 0 radical (unpaired) electrons. The largest absolute Gasteiger partial charge is 0.416 e. The van der Waals surface area contributed by atoms with E-state index in [1.807, 2.05) is 6.08 Å². The minimum Gasteiger partial charge on any atom is -0.377 e. The number of hydrogen-bond donors (Lipinski definition) is 2. The lowest BCUT2D eigenvalue weighted by molar-refractivity contribution is -0.137. The summed E-state index contributed by atoms with van der Waals surface area (Å²) in [5.41, 5.74) is 0.838. The minimum absolute atomic E-state index is 0.0610. The van der Waals surface area contributed by atoms with Crippen LogP contribution in [0.25, 0.3) is 11.4 Å². The van der Waals surface area contributed by atoms with Crippen molar-refractivity contribution < 1.29 is 22.7 Å². The molecule has 1 amide bonds. The van der Waals surface area contributed by atoms with E-state index in [4.69, 9.17) is 16.3 Å². The maximum Gasteiger partial charge on any atom is 0.416 e. The molecule has 1 atom stereocenters. The Morgan fingerprint density at radius 3 is 2.79 bits per heavy atom. The van der Waals surface area contributed by atoms with Gasteiger partial charge in [0, 0.05) is 23.2 Å². The first-order valence-corrected chi connectivity index (χ1v) is 13.2. The summed E-state index contributed by atoms with van der Waals surface area (Å²) in [7, 11) is 0. The number of carbonyl (C=O) groups excluding carboxylic acids is 1. The van der Waals surface area contributed by atoms with E-state index in [1.165, 1.54) is 4.52 Å². The van der Waals surface area contributed by atoms with Crippen LogP contribution in [0.2, 0.25) is 5.02 Å². The van der Waals surface area contributed by atoms with Crippen molar-refractivity contribution in [2.45, 2.75) is 50.2 Å². The highest BCUT2D eigenvalue weighted by Gasteiger charge is 2.44. The van der Waals surface area contributed by atoms with Crippen molar-refractivity contribution in [3.63, 3.8) is 0 Å². The lowest BCUT2D eigenvalue weighted by Gasteiger charge is -2.34. The van der Waals surface area contributed by atoms with Crippen molar-refractivity contribution in [2.24, 2.45) is 0 Å². The van der Waals surface area contributed by atoms with E-state index in [0.717, 1.165) is 55.3 Å². The maximum atomic E-state index is 13.8. The van der Waals surface area contributed by atoms with Crippen LogP contribution >= 0.6 is 11.6 Å². The van der Waals surface area contributed by atoms with Gasteiger partial charge < -0.3 is 19.9 Å². The van der Waals surface area contributed by atoms with E-state index in [-0.39, 0.29) is 34.0 Å². The molecule has 3 aromatic rings. The molecule has 1 aromatic carbocycles. The minimum atomic E-state index is -4.55. The third-order valence-electron chi connectivity index (χ3n) is 7.82. The number of hydrogen-bond acceptors (Lipinski definition) is 6. The van der Waals surface area contributed by atoms with Gasteiger partial charge in [-0.3, -0.25) is 9.59 Å². The van der Waals surface area contributed by atoms with E-state index in [2.05, 4.69) is 20.7 Å². The van der Waals surface area contributed by atoms with Gasteiger partial charge in [0.15, 0.2) is 5.82 Å². The molecule has 39 heavy (non-hydrogen) atoms. The number of aromatic nitrogens is 4. The van der Waals surface area contributed by atoms with E-state index in [1.54, 1.807) is 4.57 Å². The van der Waals surface area contributed by atoms with Crippen LogP contribution in [0.15, 0.2) is 29.1 Å². The van der Waals surface area contributed by atoms with Crippen LogP contribution in [0.3, 0.4) is 0 Å². The van der Waals surface area contributed by atoms with Crippen molar-refractivity contribution in [3.05, 3.63) is 62.3 Å². The molecule has 6 rings (SSSR count). The van der Waals surface area contributed by atoms with Gasteiger partial charge >= 0.3 is 6.18 Å². The number of benzene rings is 1. The number of alkyl halides is 3. The fourth-order valence-corrected chi connectivity index (χ4v) is 6.16. The average molecular weight is 563 g/mol. The van der Waals surface area contributed by atoms with Crippen LogP contribution in [0.4, 0.5) is 18.9 Å². The zero-order valence-electron chi connectivity index (χ0n) is 20.9. The Hall–Kier alpha value is -3.22. The zero-order chi connectivity index (χ0) is 27.4. The first-order chi connectivity index (χ1) is 18.7. The molecule has 1 saturated heterocycles. The van der Waals surface area contributed by atoms with E-state index in [9.17, 15) is 22.8 Å². The van der Waals surface area contributed by atoms with Crippen molar-refractivity contribution in [3.8, 4) is 0 Å². The molecule has 206 valence electrons. The normalized spacial score (nSPS) is 21.3. The second-order valence-corrected chi connectivity index (χ2v) is 10.6. The van der Waals surface area contributed by atoms with Gasteiger partial charge in [-0.2, -0.15) is 22.7 Å². The van der Waals surface area contributed by atoms with Crippen molar-refractivity contribution in [1.29, 1.82) is 0 Å². The van der Waals surface area contributed by atoms with Crippen LogP contribution in [0, 0.1) is 0 Å². The Kier molecular flexibility index (Phi) is 6.51. The number of nitrogens with zero attached hydrogens (tertiary/aromatic N) is 4. The number of piperidine rings is 1. The Balaban J connectivity index is 1.41. The van der Waals surface area contributed by atoms with Crippen LogP contribution < -0.4 is 16.2 Å². The highest BCUT2D eigenvalue weighted by atomic mass is 35.5. The van der Waals surface area contributed by atoms with Crippen LogP contribution in [-0.2, 0) is 34.1 Å². The lowest BCUT2D eigenvalue weighted by Crippen LogP contribution is -2.45. The topological polar surface area (TPSA) is 103 Å². The van der Waals surface area contributed by atoms with E-state index >= 15 is 0 Å². The number of fused-ring (bicyclic) bond motifs is 3. The van der Waals surface area contributed by atoms with Crippen molar-refractivity contribution in [2.75, 3.05) is 31.6 Å². The number of anilines is 1. The van der Waals surface area contributed by atoms with Gasteiger partial charge in [-0.05, 0) is 62.4 Å². The molecule has 13 heteroatoms. The van der Waals surface area contributed by atoms with Gasteiger partial charge in [-0.15, -0.1) is 5.10 Å². The second kappa shape index (κ2) is 9.76. The molecule has 1 fully saturated rings. The molecule has 0 unspecified atom stereocenters. The second-order valence-electron chi connectivity index (χ2n) is 10.2.